The van der Waals surface area contributed by atoms with E-state index in [2.05, 4.69) is 115 Å². The second kappa shape index (κ2) is 11.9. The summed E-state index contributed by atoms with van der Waals surface area (Å²) in [5, 5.41) is 6.85. The van der Waals surface area contributed by atoms with Crippen LogP contribution in [0.2, 0.25) is 0 Å². The van der Waals surface area contributed by atoms with E-state index in [1.54, 1.807) is 0 Å². The van der Waals surface area contributed by atoms with E-state index >= 15 is 0 Å². The highest BCUT2D eigenvalue weighted by atomic mass is 16.3. The quantitative estimate of drug-likeness (QED) is 0.186. The maximum atomic E-state index is 6.28. The molecule has 0 atom stereocenters. The molecule has 10 aromatic rings. The first kappa shape index (κ1) is 29.0. The predicted molar refractivity (Wildman–Crippen MR) is 209 cm³/mol. The van der Waals surface area contributed by atoms with Crippen molar-refractivity contribution in [2.45, 2.75) is 0 Å². The minimum absolute atomic E-state index is 0.642. The first-order valence-electron chi connectivity index (χ1n) is 17.1. The lowest BCUT2D eigenvalue weighted by molar-refractivity contribution is 0.669. The third kappa shape index (κ3) is 5.13. The topological polar surface area (TPSA) is 51.8 Å². The average Bonchev–Trinajstić information content (AvgIpc) is 3.56. The molecular weight excluding hydrogens is 623 g/mol. The molecule has 0 fully saturated rings. The molecule has 238 valence electrons. The van der Waals surface area contributed by atoms with Crippen molar-refractivity contribution >= 4 is 43.5 Å². The Morgan fingerprint density at radius 1 is 0.314 bits per heavy atom. The number of furan rings is 1. The molecule has 0 saturated carbocycles. The van der Waals surface area contributed by atoms with E-state index in [0.29, 0.717) is 17.5 Å². The van der Waals surface area contributed by atoms with E-state index in [0.717, 1.165) is 71.7 Å². The van der Waals surface area contributed by atoms with Gasteiger partial charge in [-0.1, -0.05) is 152 Å². The lowest BCUT2D eigenvalue weighted by Crippen LogP contribution is -2.01. The van der Waals surface area contributed by atoms with E-state index in [1.807, 2.05) is 60.7 Å². The summed E-state index contributed by atoms with van der Waals surface area (Å²) in [4.78, 5) is 15.2. The normalized spacial score (nSPS) is 11.5. The van der Waals surface area contributed by atoms with Gasteiger partial charge in [-0.3, -0.25) is 0 Å². The molecule has 0 N–H and O–H groups in total. The highest BCUT2D eigenvalue weighted by molar-refractivity contribution is 6.11. The minimum atomic E-state index is 0.642. The van der Waals surface area contributed by atoms with Crippen molar-refractivity contribution in [1.82, 2.24) is 15.0 Å². The summed E-state index contributed by atoms with van der Waals surface area (Å²) >= 11 is 0. The van der Waals surface area contributed by atoms with Crippen molar-refractivity contribution < 1.29 is 4.42 Å². The van der Waals surface area contributed by atoms with Gasteiger partial charge in [0.15, 0.2) is 17.5 Å². The van der Waals surface area contributed by atoms with Gasteiger partial charge in [-0.2, -0.15) is 0 Å². The smallest absolute Gasteiger partial charge is 0.165 e. The SMILES string of the molecule is c1ccc(-c2nc(-c3ccccc3)nc(-c3c(-c4ccc(-c5ccc6oc7cc8ccccc8cc7c6c5)cc4)ccc4ccccc34)n2)cc1. The lowest BCUT2D eigenvalue weighted by atomic mass is 9.92. The number of benzene rings is 8. The number of rotatable bonds is 5. The van der Waals surface area contributed by atoms with E-state index in [-0.39, 0.29) is 0 Å². The van der Waals surface area contributed by atoms with Crippen molar-refractivity contribution in [3.63, 3.8) is 0 Å². The van der Waals surface area contributed by atoms with Gasteiger partial charge in [0.25, 0.3) is 0 Å². The van der Waals surface area contributed by atoms with Gasteiger partial charge in [-0.25, -0.2) is 15.0 Å². The molecule has 8 aromatic carbocycles. The van der Waals surface area contributed by atoms with E-state index in [9.17, 15) is 0 Å². The van der Waals surface area contributed by atoms with Crippen LogP contribution in [0.1, 0.15) is 0 Å². The fourth-order valence-electron chi connectivity index (χ4n) is 7.16. The molecule has 4 nitrogen and oxygen atoms in total. The highest BCUT2D eigenvalue weighted by Gasteiger charge is 2.19. The van der Waals surface area contributed by atoms with Gasteiger partial charge in [-0.15, -0.1) is 0 Å². The molecule has 0 unspecified atom stereocenters. The van der Waals surface area contributed by atoms with Crippen molar-refractivity contribution in [3.8, 4) is 56.4 Å². The van der Waals surface area contributed by atoms with Crippen molar-refractivity contribution in [1.29, 1.82) is 0 Å². The van der Waals surface area contributed by atoms with Crippen LogP contribution in [0.3, 0.4) is 0 Å². The van der Waals surface area contributed by atoms with Crippen LogP contribution in [0, 0.1) is 0 Å². The van der Waals surface area contributed by atoms with Gasteiger partial charge >= 0.3 is 0 Å². The van der Waals surface area contributed by atoms with Gasteiger partial charge in [0, 0.05) is 27.5 Å². The van der Waals surface area contributed by atoms with Crippen LogP contribution in [-0.4, -0.2) is 15.0 Å². The molecule has 0 aliphatic carbocycles. The Bertz CT molecular complexity index is 2840. The zero-order valence-corrected chi connectivity index (χ0v) is 27.5. The monoisotopic (exact) mass is 651 g/mol. The van der Waals surface area contributed by atoms with Crippen LogP contribution in [0.15, 0.2) is 180 Å². The second-order valence-electron chi connectivity index (χ2n) is 12.8. The Hall–Kier alpha value is -6.91. The third-order valence-electron chi connectivity index (χ3n) is 9.72. The molecule has 51 heavy (non-hydrogen) atoms. The Kier molecular flexibility index (Phi) is 6.78. The molecule has 0 bridgehead atoms. The van der Waals surface area contributed by atoms with E-state index < -0.39 is 0 Å². The maximum absolute atomic E-state index is 6.28. The molecule has 0 aliphatic heterocycles. The maximum Gasteiger partial charge on any atom is 0.165 e. The molecule has 0 radical (unpaired) electrons. The predicted octanol–water partition coefficient (Wildman–Crippen LogP) is 12.4. The molecule has 0 amide bonds. The first-order valence-corrected chi connectivity index (χ1v) is 17.1. The number of hydrogen-bond acceptors (Lipinski definition) is 4. The van der Waals surface area contributed by atoms with Crippen LogP contribution < -0.4 is 0 Å². The summed E-state index contributed by atoms with van der Waals surface area (Å²) in [6, 6.07) is 61.1. The average molecular weight is 652 g/mol. The molecule has 2 heterocycles. The Morgan fingerprint density at radius 3 is 1.57 bits per heavy atom. The Morgan fingerprint density at radius 2 is 0.863 bits per heavy atom. The fraction of sp³-hybridized carbons (Fsp3) is 0. The van der Waals surface area contributed by atoms with Gasteiger partial charge in [-0.05, 0) is 68.1 Å². The van der Waals surface area contributed by atoms with E-state index in [4.69, 9.17) is 19.4 Å². The number of hydrogen-bond donors (Lipinski definition) is 0. The van der Waals surface area contributed by atoms with Crippen molar-refractivity contribution in [2.75, 3.05) is 0 Å². The summed E-state index contributed by atoms with van der Waals surface area (Å²) in [6.07, 6.45) is 0. The van der Waals surface area contributed by atoms with Crippen LogP contribution in [0.4, 0.5) is 0 Å². The number of aromatic nitrogens is 3. The summed E-state index contributed by atoms with van der Waals surface area (Å²) in [7, 11) is 0. The lowest BCUT2D eigenvalue weighted by Gasteiger charge is -2.15. The molecule has 10 rings (SSSR count). The van der Waals surface area contributed by atoms with Crippen LogP contribution in [0.5, 0.6) is 0 Å². The van der Waals surface area contributed by atoms with Crippen LogP contribution >= 0.6 is 0 Å². The molecule has 0 aliphatic rings. The second-order valence-corrected chi connectivity index (χ2v) is 12.8. The van der Waals surface area contributed by atoms with Crippen LogP contribution in [0.25, 0.3) is 99.9 Å². The Labute approximate surface area is 294 Å². The summed E-state index contributed by atoms with van der Waals surface area (Å²) in [5.41, 5.74) is 9.09. The van der Waals surface area contributed by atoms with Gasteiger partial charge < -0.3 is 4.42 Å². The standard InChI is InChI=1S/C47H29N3O/c1-3-12-33(13-4-1)45-48-46(34-14-5-2-6-15-34)50-47(49-45)44-38-18-10-9-11-31(38)23-25-39(44)32-21-19-30(20-22-32)37-24-26-42-40(28-37)41-27-35-16-7-8-17-36(35)29-43(41)51-42/h1-29H. The third-order valence-corrected chi connectivity index (χ3v) is 9.72. The van der Waals surface area contributed by atoms with Gasteiger partial charge in [0.05, 0.1) is 0 Å². The van der Waals surface area contributed by atoms with Crippen LogP contribution in [-0.2, 0) is 0 Å². The molecule has 0 saturated heterocycles. The largest absolute Gasteiger partial charge is 0.456 e. The zero-order valence-electron chi connectivity index (χ0n) is 27.5. The van der Waals surface area contributed by atoms with E-state index in [1.165, 1.54) is 10.8 Å². The van der Waals surface area contributed by atoms with Gasteiger partial charge in [0.2, 0.25) is 0 Å². The molecule has 2 aromatic heterocycles. The first-order chi connectivity index (χ1) is 25.2. The molecule has 4 heteroatoms. The van der Waals surface area contributed by atoms with Crippen molar-refractivity contribution in [3.05, 3.63) is 176 Å². The van der Waals surface area contributed by atoms with Crippen molar-refractivity contribution in [2.24, 2.45) is 0 Å². The molecular formula is C47H29N3O. The highest BCUT2D eigenvalue weighted by Crippen LogP contribution is 2.40. The van der Waals surface area contributed by atoms with Gasteiger partial charge in [0.1, 0.15) is 11.2 Å². The summed E-state index contributed by atoms with van der Waals surface area (Å²) in [6.45, 7) is 0. The Balaban J connectivity index is 1.11. The summed E-state index contributed by atoms with van der Waals surface area (Å²) in [5.74, 6) is 1.93. The zero-order chi connectivity index (χ0) is 33.7. The number of fused-ring (bicyclic) bond motifs is 5. The fourth-order valence-corrected chi connectivity index (χ4v) is 7.16. The summed E-state index contributed by atoms with van der Waals surface area (Å²) < 4.78 is 6.28. The minimum Gasteiger partial charge on any atom is -0.456 e. The molecule has 0 spiro atoms. The number of nitrogens with zero attached hydrogens (tertiary/aromatic N) is 3.